The Morgan fingerprint density at radius 2 is 1.62 bits per heavy atom. The van der Waals surface area contributed by atoms with Gasteiger partial charge >= 0.3 is 0 Å². The van der Waals surface area contributed by atoms with Crippen LogP contribution < -0.4 is 5.32 Å². The minimum atomic E-state index is -0.521. The first-order valence-electron chi connectivity index (χ1n) is 8.44. The highest BCUT2D eigenvalue weighted by atomic mass is 16.5. The summed E-state index contributed by atoms with van der Waals surface area (Å²) in [6, 6.07) is 18.2. The Morgan fingerprint density at radius 3 is 2.38 bits per heavy atom. The number of aliphatic hydroxyl groups excluding tert-OH is 1. The summed E-state index contributed by atoms with van der Waals surface area (Å²) in [4.78, 5) is 0. The third-order valence-corrected chi connectivity index (χ3v) is 3.70. The largest absolute Gasteiger partial charge is 0.389 e. The first kappa shape index (κ1) is 18.6. The van der Waals surface area contributed by atoms with Gasteiger partial charge in [0, 0.05) is 19.7 Å². The van der Waals surface area contributed by atoms with Crippen LogP contribution in [-0.4, -0.2) is 31.0 Å². The molecule has 0 saturated carbocycles. The van der Waals surface area contributed by atoms with E-state index in [1.807, 2.05) is 49.4 Å². The topological polar surface area (TPSA) is 50.7 Å². The van der Waals surface area contributed by atoms with E-state index in [-0.39, 0.29) is 0 Å². The van der Waals surface area contributed by atoms with Gasteiger partial charge in [0.1, 0.15) is 0 Å². The molecule has 1 unspecified atom stereocenters. The number of rotatable bonds is 11. The van der Waals surface area contributed by atoms with E-state index < -0.39 is 6.10 Å². The van der Waals surface area contributed by atoms with E-state index in [2.05, 4.69) is 17.4 Å². The molecular weight excluding hydrogens is 302 g/mol. The molecule has 4 heteroatoms. The molecule has 2 rings (SSSR count). The summed E-state index contributed by atoms with van der Waals surface area (Å²) < 4.78 is 11.0. The number of ether oxygens (including phenoxy) is 2. The standard InChI is InChI=1S/C20H27NO3/c1-2-23-15-19-11-7-6-10-18(19)12-21-13-20(22)16-24-14-17-8-4-3-5-9-17/h3-11,20-22H,2,12-16H2,1H3. The molecule has 0 fully saturated rings. The van der Waals surface area contributed by atoms with Crippen LogP contribution in [0.25, 0.3) is 0 Å². The lowest BCUT2D eigenvalue weighted by Crippen LogP contribution is -2.30. The molecule has 0 saturated heterocycles. The first-order chi connectivity index (χ1) is 11.8. The maximum absolute atomic E-state index is 10.0. The summed E-state index contributed by atoms with van der Waals surface area (Å²) in [6.45, 7) is 5.37. The van der Waals surface area contributed by atoms with Gasteiger partial charge in [-0.2, -0.15) is 0 Å². The molecule has 0 amide bonds. The minimum Gasteiger partial charge on any atom is -0.389 e. The van der Waals surface area contributed by atoms with Crippen molar-refractivity contribution in [3.63, 3.8) is 0 Å². The minimum absolute atomic E-state index is 0.322. The third kappa shape index (κ3) is 6.81. The SMILES string of the molecule is CCOCc1ccccc1CNCC(O)COCc1ccccc1. The summed E-state index contributed by atoms with van der Waals surface area (Å²) in [6.07, 6.45) is -0.521. The Labute approximate surface area is 144 Å². The fourth-order valence-corrected chi connectivity index (χ4v) is 2.40. The Balaban J connectivity index is 1.66. The van der Waals surface area contributed by atoms with Crippen LogP contribution in [0.5, 0.6) is 0 Å². The van der Waals surface area contributed by atoms with Gasteiger partial charge in [-0.25, -0.2) is 0 Å². The lowest BCUT2D eigenvalue weighted by Gasteiger charge is -2.14. The molecule has 1 atom stereocenters. The third-order valence-electron chi connectivity index (χ3n) is 3.70. The second kappa shape index (κ2) is 10.9. The fourth-order valence-electron chi connectivity index (χ4n) is 2.40. The molecule has 24 heavy (non-hydrogen) atoms. The smallest absolute Gasteiger partial charge is 0.0897 e. The highest BCUT2D eigenvalue weighted by Crippen LogP contribution is 2.10. The lowest BCUT2D eigenvalue weighted by molar-refractivity contribution is 0.0287. The van der Waals surface area contributed by atoms with E-state index in [0.717, 1.165) is 5.56 Å². The predicted molar refractivity (Wildman–Crippen MR) is 95.6 cm³/mol. The van der Waals surface area contributed by atoms with E-state index >= 15 is 0 Å². The molecule has 0 spiro atoms. The van der Waals surface area contributed by atoms with Crippen LogP contribution >= 0.6 is 0 Å². The van der Waals surface area contributed by atoms with Crippen molar-refractivity contribution < 1.29 is 14.6 Å². The summed E-state index contributed by atoms with van der Waals surface area (Å²) >= 11 is 0. The van der Waals surface area contributed by atoms with Crippen LogP contribution in [0.2, 0.25) is 0 Å². The monoisotopic (exact) mass is 329 g/mol. The molecule has 0 aliphatic heterocycles. The average Bonchev–Trinajstić information content (AvgIpc) is 2.62. The Bertz CT molecular complexity index is 574. The van der Waals surface area contributed by atoms with Crippen LogP contribution in [0.3, 0.4) is 0 Å². The molecule has 4 nitrogen and oxygen atoms in total. The van der Waals surface area contributed by atoms with E-state index in [9.17, 15) is 5.11 Å². The highest BCUT2D eigenvalue weighted by Gasteiger charge is 2.06. The van der Waals surface area contributed by atoms with E-state index in [1.54, 1.807) is 0 Å². The molecule has 0 aromatic heterocycles. The number of hydrogen-bond donors (Lipinski definition) is 2. The predicted octanol–water partition coefficient (Wildman–Crippen LogP) is 2.89. The van der Waals surface area contributed by atoms with Gasteiger partial charge < -0.3 is 19.9 Å². The van der Waals surface area contributed by atoms with Gasteiger partial charge in [-0.1, -0.05) is 54.6 Å². The van der Waals surface area contributed by atoms with Crippen LogP contribution in [0, 0.1) is 0 Å². The summed E-state index contributed by atoms with van der Waals surface area (Å²) in [5.74, 6) is 0. The zero-order chi connectivity index (χ0) is 17.0. The quantitative estimate of drug-likeness (QED) is 0.665. The summed E-state index contributed by atoms with van der Waals surface area (Å²) in [7, 11) is 0. The zero-order valence-electron chi connectivity index (χ0n) is 14.3. The summed E-state index contributed by atoms with van der Waals surface area (Å²) in [5.41, 5.74) is 3.49. The first-order valence-corrected chi connectivity index (χ1v) is 8.44. The summed E-state index contributed by atoms with van der Waals surface area (Å²) in [5, 5.41) is 13.3. The van der Waals surface area contributed by atoms with Gasteiger partial charge in [-0.15, -0.1) is 0 Å². The van der Waals surface area contributed by atoms with Gasteiger partial charge in [0.2, 0.25) is 0 Å². The number of hydrogen-bond acceptors (Lipinski definition) is 4. The molecule has 2 N–H and O–H groups in total. The fraction of sp³-hybridized carbons (Fsp3) is 0.400. The second-order valence-corrected chi connectivity index (χ2v) is 5.69. The molecule has 130 valence electrons. The Kier molecular flexibility index (Phi) is 8.49. The van der Waals surface area contributed by atoms with Crippen molar-refractivity contribution in [2.24, 2.45) is 0 Å². The van der Waals surface area contributed by atoms with Crippen LogP contribution in [0.1, 0.15) is 23.6 Å². The van der Waals surface area contributed by atoms with Crippen LogP contribution in [0.4, 0.5) is 0 Å². The van der Waals surface area contributed by atoms with E-state index in [4.69, 9.17) is 9.47 Å². The molecule has 2 aromatic carbocycles. The van der Waals surface area contributed by atoms with Crippen molar-refractivity contribution in [3.8, 4) is 0 Å². The molecule has 2 aromatic rings. The maximum Gasteiger partial charge on any atom is 0.0897 e. The van der Waals surface area contributed by atoms with Gasteiger partial charge in [-0.05, 0) is 23.6 Å². The zero-order valence-corrected chi connectivity index (χ0v) is 14.3. The van der Waals surface area contributed by atoms with Crippen molar-refractivity contribution in [2.45, 2.75) is 32.8 Å². The number of nitrogens with one attached hydrogen (secondary N) is 1. The van der Waals surface area contributed by atoms with Crippen molar-refractivity contribution in [1.29, 1.82) is 0 Å². The Hall–Kier alpha value is -1.72. The lowest BCUT2D eigenvalue weighted by atomic mass is 10.1. The highest BCUT2D eigenvalue weighted by molar-refractivity contribution is 5.26. The average molecular weight is 329 g/mol. The van der Waals surface area contributed by atoms with Gasteiger partial charge in [0.15, 0.2) is 0 Å². The van der Waals surface area contributed by atoms with Crippen molar-refractivity contribution in [3.05, 3.63) is 71.3 Å². The van der Waals surface area contributed by atoms with Gasteiger partial charge in [0.05, 0.1) is 25.9 Å². The van der Waals surface area contributed by atoms with Crippen molar-refractivity contribution >= 4 is 0 Å². The maximum atomic E-state index is 10.0. The van der Waals surface area contributed by atoms with Gasteiger partial charge in [0.25, 0.3) is 0 Å². The molecule has 0 aliphatic carbocycles. The van der Waals surface area contributed by atoms with Crippen LogP contribution in [-0.2, 0) is 29.2 Å². The number of benzene rings is 2. The second-order valence-electron chi connectivity index (χ2n) is 5.69. The molecular formula is C20H27NO3. The van der Waals surface area contributed by atoms with Crippen molar-refractivity contribution in [2.75, 3.05) is 19.8 Å². The van der Waals surface area contributed by atoms with Crippen LogP contribution in [0.15, 0.2) is 54.6 Å². The van der Waals surface area contributed by atoms with Gasteiger partial charge in [-0.3, -0.25) is 0 Å². The molecule has 0 aliphatic rings. The van der Waals surface area contributed by atoms with E-state index in [1.165, 1.54) is 11.1 Å². The molecule has 0 bridgehead atoms. The van der Waals surface area contributed by atoms with Crippen molar-refractivity contribution in [1.82, 2.24) is 5.32 Å². The van der Waals surface area contributed by atoms with E-state index in [0.29, 0.717) is 39.5 Å². The Morgan fingerprint density at radius 1 is 0.917 bits per heavy atom. The normalized spacial score (nSPS) is 12.2. The number of aliphatic hydroxyl groups is 1. The molecule has 0 heterocycles. The molecule has 0 radical (unpaired) electrons.